The van der Waals surface area contributed by atoms with Crippen LogP contribution in [0.1, 0.15) is 12.5 Å². The van der Waals surface area contributed by atoms with Crippen molar-refractivity contribution in [1.82, 2.24) is 0 Å². The minimum absolute atomic E-state index is 0.936. The predicted molar refractivity (Wildman–Crippen MR) is 56.1 cm³/mol. The first-order valence-electron chi connectivity index (χ1n) is 3.95. The molecule has 0 spiro atoms. The first-order chi connectivity index (χ1) is 5.93. The lowest BCUT2D eigenvalue weighted by molar-refractivity contribution is 1.42. The SMILES string of the molecule is CC#CCSCc1ccccc1. The average Bonchev–Trinajstić information content (AvgIpc) is 2.14. The van der Waals surface area contributed by atoms with Crippen LogP contribution >= 0.6 is 11.8 Å². The van der Waals surface area contributed by atoms with Crippen LogP contribution in [0.5, 0.6) is 0 Å². The maximum Gasteiger partial charge on any atom is 0.0550 e. The summed E-state index contributed by atoms with van der Waals surface area (Å²) in [4.78, 5) is 0. The van der Waals surface area contributed by atoms with Crippen LogP contribution in [0.4, 0.5) is 0 Å². The van der Waals surface area contributed by atoms with Gasteiger partial charge in [0, 0.05) is 5.75 Å². The van der Waals surface area contributed by atoms with E-state index in [0.29, 0.717) is 0 Å². The molecule has 1 aromatic rings. The number of thioether (sulfide) groups is 1. The Morgan fingerprint density at radius 1 is 1.25 bits per heavy atom. The summed E-state index contributed by atoms with van der Waals surface area (Å²) in [6.45, 7) is 1.88. The Labute approximate surface area is 78.4 Å². The summed E-state index contributed by atoms with van der Waals surface area (Å²) in [5, 5.41) is 0. The van der Waals surface area contributed by atoms with Crippen molar-refractivity contribution >= 4 is 11.8 Å². The highest BCUT2D eigenvalue weighted by Gasteiger charge is 1.88. The third-order valence-corrected chi connectivity index (χ3v) is 2.35. The Bertz CT molecular complexity index is 266. The topological polar surface area (TPSA) is 0 Å². The molecule has 0 atom stereocenters. The number of rotatable bonds is 3. The molecule has 0 N–H and O–H groups in total. The molecule has 0 aliphatic rings. The molecule has 62 valence electrons. The zero-order chi connectivity index (χ0) is 8.65. The second-order valence-corrected chi connectivity index (χ2v) is 3.39. The van der Waals surface area contributed by atoms with E-state index in [1.807, 2.05) is 24.8 Å². The van der Waals surface area contributed by atoms with Gasteiger partial charge >= 0.3 is 0 Å². The molecule has 0 nitrogen and oxygen atoms in total. The molecule has 12 heavy (non-hydrogen) atoms. The van der Waals surface area contributed by atoms with Gasteiger partial charge in [0.15, 0.2) is 0 Å². The fourth-order valence-corrected chi connectivity index (χ4v) is 1.64. The summed E-state index contributed by atoms with van der Waals surface area (Å²) in [6, 6.07) is 10.5. The van der Waals surface area contributed by atoms with Crippen molar-refractivity contribution in [2.45, 2.75) is 12.7 Å². The van der Waals surface area contributed by atoms with Gasteiger partial charge in [-0.3, -0.25) is 0 Å². The number of hydrogen-bond acceptors (Lipinski definition) is 1. The van der Waals surface area contributed by atoms with Crippen LogP contribution < -0.4 is 0 Å². The molecule has 0 aliphatic heterocycles. The standard InChI is InChI=1S/C11H12S/c1-2-3-9-12-10-11-7-5-4-6-8-11/h4-8H,9-10H2,1H3. The van der Waals surface area contributed by atoms with Crippen LogP contribution in [-0.2, 0) is 5.75 Å². The van der Waals surface area contributed by atoms with Gasteiger partial charge in [-0.25, -0.2) is 0 Å². The zero-order valence-corrected chi connectivity index (χ0v) is 8.03. The molecule has 1 aromatic carbocycles. The van der Waals surface area contributed by atoms with E-state index in [-0.39, 0.29) is 0 Å². The molecule has 0 bridgehead atoms. The van der Waals surface area contributed by atoms with E-state index in [1.165, 1.54) is 5.56 Å². The predicted octanol–water partition coefficient (Wildman–Crippen LogP) is 2.94. The second kappa shape index (κ2) is 5.74. The van der Waals surface area contributed by atoms with Gasteiger partial charge < -0.3 is 0 Å². The zero-order valence-electron chi connectivity index (χ0n) is 7.21. The van der Waals surface area contributed by atoms with Gasteiger partial charge in [-0.15, -0.1) is 17.7 Å². The first-order valence-corrected chi connectivity index (χ1v) is 5.10. The third-order valence-electron chi connectivity index (χ3n) is 1.46. The van der Waals surface area contributed by atoms with Crippen molar-refractivity contribution in [1.29, 1.82) is 0 Å². The average molecular weight is 176 g/mol. The Morgan fingerprint density at radius 3 is 2.67 bits per heavy atom. The van der Waals surface area contributed by atoms with Crippen LogP contribution in [0.15, 0.2) is 30.3 Å². The minimum Gasteiger partial charge on any atom is -0.144 e. The molecule has 0 fully saturated rings. The van der Waals surface area contributed by atoms with E-state index in [1.54, 1.807) is 0 Å². The van der Waals surface area contributed by atoms with Gasteiger partial charge in [0.25, 0.3) is 0 Å². The van der Waals surface area contributed by atoms with Crippen molar-refractivity contribution in [2.75, 3.05) is 5.75 Å². The molecule has 0 aromatic heterocycles. The lowest BCUT2D eigenvalue weighted by Crippen LogP contribution is -1.79. The van der Waals surface area contributed by atoms with Crippen molar-refractivity contribution in [3.8, 4) is 11.8 Å². The Morgan fingerprint density at radius 2 is 2.00 bits per heavy atom. The molecule has 1 rings (SSSR count). The van der Waals surface area contributed by atoms with Crippen LogP contribution in [0, 0.1) is 11.8 Å². The van der Waals surface area contributed by atoms with Gasteiger partial charge in [0.05, 0.1) is 5.75 Å². The summed E-state index contributed by atoms with van der Waals surface area (Å²) < 4.78 is 0. The maximum absolute atomic E-state index is 3.03. The highest BCUT2D eigenvalue weighted by molar-refractivity contribution is 7.98. The molecular weight excluding hydrogens is 164 g/mol. The van der Waals surface area contributed by atoms with Gasteiger partial charge in [-0.05, 0) is 12.5 Å². The molecule has 0 saturated carbocycles. The fraction of sp³-hybridized carbons (Fsp3) is 0.273. The third kappa shape index (κ3) is 3.50. The molecule has 0 aliphatic carbocycles. The van der Waals surface area contributed by atoms with E-state index in [0.717, 1.165) is 11.5 Å². The summed E-state index contributed by atoms with van der Waals surface area (Å²) in [5.41, 5.74) is 1.38. The Kier molecular flexibility index (Phi) is 4.41. The van der Waals surface area contributed by atoms with Gasteiger partial charge in [0.2, 0.25) is 0 Å². The van der Waals surface area contributed by atoms with E-state index >= 15 is 0 Å². The van der Waals surface area contributed by atoms with E-state index < -0.39 is 0 Å². The van der Waals surface area contributed by atoms with Crippen molar-refractivity contribution in [2.24, 2.45) is 0 Å². The second-order valence-electron chi connectivity index (χ2n) is 2.41. The Hall–Kier alpha value is -0.870. The normalized spacial score (nSPS) is 8.75. The smallest absolute Gasteiger partial charge is 0.0550 e. The summed E-state index contributed by atoms with van der Waals surface area (Å²) in [5.74, 6) is 7.92. The van der Waals surface area contributed by atoms with Crippen LogP contribution in [-0.4, -0.2) is 5.75 Å². The maximum atomic E-state index is 3.03. The van der Waals surface area contributed by atoms with Gasteiger partial charge in [0.1, 0.15) is 0 Å². The van der Waals surface area contributed by atoms with E-state index in [4.69, 9.17) is 0 Å². The molecule has 1 heteroatoms. The van der Waals surface area contributed by atoms with Crippen LogP contribution in [0.3, 0.4) is 0 Å². The monoisotopic (exact) mass is 176 g/mol. The summed E-state index contributed by atoms with van der Waals surface area (Å²) in [6.07, 6.45) is 0. The minimum atomic E-state index is 0.936. The highest BCUT2D eigenvalue weighted by Crippen LogP contribution is 2.10. The van der Waals surface area contributed by atoms with E-state index in [9.17, 15) is 0 Å². The fourth-order valence-electron chi connectivity index (χ4n) is 0.866. The quantitative estimate of drug-likeness (QED) is 0.504. The number of hydrogen-bond donors (Lipinski definition) is 0. The molecule has 0 heterocycles. The van der Waals surface area contributed by atoms with Crippen LogP contribution in [0.2, 0.25) is 0 Å². The molecule has 0 amide bonds. The summed E-state index contributed by atoms with van der Waals surface area (Å²) >= 11 is 1.86. The van der Waals surface area contributed by atoms with Crippen molar-refractivity contribution in [3.05, 3.63) is 35.9 Å². The number of benzene rings is 1. The first kappa shape index (κ1) is 9.22. The lowest BCUT2D eigenvalue weighted by atomic mass is 10.2. The van der Waals surface area contributed by atoms with Crippen LogP contribution in [0.25, 0.3) is 0 Å². The van der Waals surface area contributed by atoms with Crippen molar-refractivity contribution in [3.63, 3.8) is 0 Å². The summed E-state index contributed by atoms with van der Waals surface area (Å²) in [7, 11) is 0. The molecular formula is C11H12S. The molecule has 0 saturated heterocycles. The Balaban J connectivity index is 2.27. The molecule has 0 radical (unpaired) electrons. The van der Waals surface area contributed by atoms with Crippen molar-refractivity contribution < 1.29 is 0 Å². The van der Waals surface area contributed by atoms with Gasteiger partial charge in [-0.1, -0.05) is 36.3 Å². The lowest BCUT2D eigenvalue weighted by Gasteiger charge is -1.96. The highest BCUT2D eigenvalue weighted by atomic mass is 32.2. The van der Waals surface area contributed by atoms with E-state index in [2.05, 4.69) is 36.1 Å². The van der Waals surface area contributed by atoms with Gasteiger partial charge in [-0.2, -0.15) is 0 Å². The largest absolute Gasteiger partial charge is 0.144 e. The molecule has 0 unspecified atom stereocenters.